The molecular formula is C16H16N8. The maximum Gasteiger partial charge on any atom is 0.254 e. The summed E-state index contributed by atoms with van der Waals surface area (Å²) in [6, 6.07) is 9.67. The van der Waals surface area contributed by atoms with Crippen molar-refractivity contribution in [3.05, 3.63) is 42.0 Å². The molecule has 1 aliphatic rings. The van der Waals surface area contributed by atoms with Crippen molar-refractivity contribution in [1.82, 2.24) is 24.6 Å². The summed E-state index contributed by atoms with van der Waals surface area (Å²) in [5, 5.41) is 13.3. The molecule has 0 radical (unpaired) electrons. The van der Waals surface area contributed by atoms with Gasteiger partial charge in [0.25, 0.3) is 5.78 Å². The van der Waals surface area contributed by atoms with Gasteiger partial charge in [0.05, 0.1) is 0 Å². The molecule has 1 saturated heterocycles. The standard InChI is InChI=1S/C16H16N8/c1-12-9-15(24-16(20-12)18-11-19-24)23-7-5-22(6-8-23)14-4-2-3-13(10-17)21-14/h2-4,9,11H,5-8H2,1H3. The Kier molecular flexibility index (Phi) is 3.46. The lowest BCUT2D eigenvalue weighted by Gasteiger charge is -2.36. The van der Waals surface area contributed by atoms with E-state index in [2.05, 4.69) is 35.9 Å². The maximum absolute atomic E-state index is 9.00. The molecule has 1 fully saturated rings. The first-order valence-electron chi connectivity index (χ1n) is 7.79. The van der Waals surface area contributed by atoms with Crippen molar-refractivity contribution in [2.45, 2.75) is 6.92 Å². The number of hydrogen-bond donors (Lipinski definition) is 0. The third-order valence-corrected chi connectivity index (χ3v) is 4.14. The summed E-state index contributed by atoms with van der Waals surface area (Å²) in [6.45, 7) is 5.32. The minimum absolute atomic E-state index is 0.448. The van der Waals surface area contributed by atoms with Crippen molar-refractivity contribution in [2.24, 2.45) is 0 Å². The number of piperazine rings is 1. The number of anilines is 2. The minimum atomic E-state index is 0.448. The number of aryl methyl sites for hydroxylation is 1. The van der Waals surface area contributed by atoms with Gasteiger partial charge in [-0.05, 0) is 19.1 Å². The minimum Gasteiger partial charge on any atom is -0.353 e. The van der Waals surface area contributed by atoms with Crippen molar-refractivity contribution >= 4 is 17.4 Å². The van der Waals surface area contributed by atoms with E-state index < -0.39 is 0 Å². The molecule has 24 heavy (non-hydrogen) atoms. The summed E-state index contributed by atoms with van der Waals surface area (Å²) in [5.41, 5.74) is 1.38. The first kappa shape index (κ1) is 14.4. The van der Waals surface area contributed by atoms with Crippen molar-refractivity contribution in [1.29, 1.82) is 5.26 Å². The fraction of sp³-hybridized carbons (Fsp3) is 0.312. The zero-order valence-corrected chi connectivity index (χ0v) is 13.3. The van der Waals surface area contributed by atoms with Crippen molar-refractivity contribution in [3.63, 3.8) is 0 Å². The van der Waals surface area contributed by atoms with Gasteiger partial charge in [-0.15, -0.1) is 0 Å². The van der Waals surface area contributed by atoms with Crippen molar-refractivity contribution < 1.29 is 0 Å². The van der Waals surface area contributed by atoms with Crippen LogP contribution in [0.4, 0.5) is 11.6 Å². The van der Waals surface area contributed by atoms with Crippen LogP contribution in [-0.4, -0.2) is 50.7 Å². The van der Waals surface area contributed by atoms with E-state index in [-0.39, 0.29) is 0 Å². The van der Waals surface area contributed by atoms with E-state index >= 15 is 0 Å². The molecule has 0 aliphatic carbocycles. The normalized spacial score (nSPS) is 14.8. The van der Waals surface area contributed by atoms with E-state index in [0.29, 0.717) is 11.5 Å². The van der Waals surface area contributed by atoms with E-state index in [1.54, 1.807) is 10.6 Å². The molecule has 120 valence electrons. The van der Waals surface area contributed by atoms with Crippen molar-refractivity contribution in [3.8, 4) is 6.07 Å². The number of hydrogen-bond acceptors (Lipinski definition) is 7. The Morgan fingerprint density at radius 2 is 1.88 bits per heavy atom. The van der Waals surface area contributed by atoms with Gasteiger partial charge >= 0.3 is 0 Å². The average molecular weight is 320 g/mol. The Balaban J connectivity index is 1.55. The van der Waals surface area contributed by atoms with Gasteiger partial charge < -0.3 is 9.80 Å². The highest BCUT2D eigenvalue weighted by atomic mass is 15.4. The topological polar surface area (TPSA) is 86.2 Å². The van der Waals surface area contributed by atoms with Crippen LogP contribution in [-0.2, 0) is 0 Å². The van der Waals surface area contributed by atoms with E-state index in [0.717, 1.165) is 43.5 Å². The lowest BCUT2D eigenvalue weighted by atomic mass is 10.2. The van der Waals surface area contributed by atoms with Crippen LogP contribution in [0.5, 0.6) is 0 Å². The van der Waals surface area contributed by atoms with Gasteiger partial charge in [-0.3, -0.25) is 0 Å². The predicted octanol–water partition coefficient (Wildman–Crippen LogP) is 1.03. The Bertz CT molecular complexity index is 917. The second kappa shape index (κ2) is 5.77. The summed E-state index contributed by atoms with van der Waals surface area (Å²) >= 11 is 0. The maximum atomic E-state index is 9.00. The molecule has 8 nitrogen and oxygen atoms in total. The Labute approximate surface area is 139 Å². The van der Waals surface area contributed by atoms with E-state index in [9.17, 15) is 0 Å². The molecule has 0 saturated carbocycles. The molecule has 1 aliphatic heterocycles. The molecule has 3 aromatic rings. The summed E-state index contributed by atoms with van der Waals surface area (Å²) in [4.78, 5) is 17.4. The third kappa shape index (κ3) is 2.50. The lowest BCUT2D eigenvalue weighted by molar-refractivity contribution is 0.633. The molecule has 4 rings (SSSR count). The molecule has 0 bridgehead atoms. The number of nitriles is 1. The molecule has 0 unspecified atom stereocenters. The summed E-state index contributed by atoms with van der Waals surface area (Å²) < 4.78 is 1.78. The van der Waals surface area contributed by atoms with Crippen LogP contribution in [0.15, 0.2) is 30.6 Å². The number of nitrogens with zero attached hydrogens (tertiary/aromatic N) is 8. The van der Waals surface area contributed by atoms with Gasteiger partial charge in [-0.25, -0.2) is 9.97 Å². The largest absolute Gasteiger partial charge is 0.353 e. The predicted molar refractivity (Wildman–Crippen MR) is 88.9 cm³/mol. The van der Waals surface area contributed by atoms with E-state index in [4.69, 9.17) is 5.26 Å². The molecule has 0 atom stereocenters. The van der Waals surface area contributed by atoms with Crippen LogP contribution >= 0.6 is 0 Å². The van der Waals surface area contributed by atoms with Gasteiger partial charge in [0.2, 0.25) is 0 Å². The third-order valence-electron chi connectivity index (χ3n) is 4.14. The first-order valence-corrected chi connectivity index (χ1v) is 7.79. The highest BCUT2D eigenvalue weighted by molar-refractivity contribution is 5.50. The fourth-order valence-corrected chi connectivity index (χ4v) is 2.96. The summed E-state index contributed by atoms with van der Waals surface area (Å²) in [7, 11) is 0. The zero-order chi connectivity index (χ0) is 16.5. The molecule has 3 aromatic heterocycles. The van der Waals surface area contributed by atoms with Crippen LogP contribution in [0.25, 0.3) is 5.78 Å². The number of fused-ring (bicyclic) bond motifs is 1. The second-order valence-corrected chi connectivity index (χ2v) is 5.69. The van der Waals surface area contributed by atoms with Crippen LogP contribution in [0.2, 0.25) is 0 Å². The number of rotatable bonds is 2. The smallest absolute Gasteiger partial charge is 0.254 e. The molecule has 0 aromatic carbocycles. The van der Waals surface area contributed by atoms with Gasteiger partial charge in [0.15, 0.2) is 0 Å². The molecule has 0 spiro atoms. The van der Waals surface area contributed by atoms with Crippen LogP contribution in [0.1, 0.15) is 11.4 Å². The van der Waals surface area contributed by atoms with Crippen LogP contribution in [0, 0.1) is 18.3 Å². The number of aromatic nitrogens is 5. The second-order valence-electron chi connectivity index (χ2n) is 5.69. The highest BCUT2D eigenvalue weighted by Crippen LogP contribution is 2.20. The van der Waals surface area contributed by atoms with Crippen molar-refractivity contribution in [2.75, 3.05) is 36.0 Å². The number of pyridine rings is 1. The van der Waals surface area contributed by atoms with Gasteiger partial charge in [-0.1, -0.05) is 6.07 Å². The van der Waals surface area contributed by atoms with Crippen LogP contribution < -0.4 is 9.80 Å². The quantitative estimate of drug-likeness (QED) is 0.697. The van der Waals surface area contributed by atoms with Gasteiger partial charge in [-0.2, -0.15) is 19.9 Å². The molecule has 0 amide bonds. The van der Waals surface area contributed by atoms with E-state index in [1.165, 1.54) is 6.33 Å². The fourth-order valence-electron chi connectivity index (χ4n) is 2.96. The Morgan fingerprint density at radius 3 is 2.67 bits per heavy atom. The first-order chi connectivity index (χ1) is 11.7. The lowest BCUT2D eigenvalue weighted by Crippen LogP contribution is -2.47. The average Bonchev–Trinajstić information content (AvgIpc) is 3.09. The van der Waals surface area contributed by atoms with Crippen LogP contribution in [0.3, 0.4) is 0 Å². The molecule has 8 heteroatoms. The summed E-state index contributed by atoms with van der Waals surface area (Å²) in [5.74, 6) is 2.48. The SMILES string of the molecule is Cc1cc(N2CCN(c3cccc(C#N)n3)CC2)n2ncnc2n1. The molecule has 0 N–H and O–H groups in total. The van der Waals surface area contributed by atoms with E-state index in [1.807, 2.05) is 25.1 Å². The molecular weight excluding hydrogens is 304 g/mol. The van der Waals surface area contributed by atoms with Gasteiger partial charge in [0.1, 0.15) is 29.7 Å². The Hall–Kier alpha value is -3.21. The zero-order valence-electron chi connectivity index (χ0n) is 13.3. The molecule has 4 heterocycles. The monoisotopic (exact) mass is 320 g/mol. The Morgan fingerprint density at radius 1 is 1.08 bits per heavy atom. The van der Waals surface area contributed by atoms with Gasteiger partial charge in [0, 0.05) is 37.9 Å². The highest BCUT2D eigenvalue weighted by Gasteiger charge is 2.21. The summed E-state index contributed by atoms with van der Waals surface area (Å²) in [6.07, 6.45) is 1.53.